The molecule has 2 aliphatic heterocycles. The molecule has 0 aliphatic carbocycles. The summed E-state index contributed by atoms with van der Waals surface area (Å²) in [4.78, 5) is 36.8. The zero-order chi connectivity index (χ0) is 15.0. The van der Waals surface area contributed by atoms with Crippen molar-refractivity contribution < 1.29 is 14.4 Å². The van der Waals surface area contributed by atoms with Gasteiger partial charge in [-0.3, -0.25) is 10.1 Å². The Morgan fingerprint density at radius 2 is 2.10 bits per heavy atom. The molecule has 0 radical (unpaired) electrons. The first kappa shape index (κ1) is 13.7. The summed E-state index contributed by atoms with van der Waals surface area (Å²) in [5, 5.41) is 7.92. The summed E-state index contributed by atoms with van der Waals surface area (Å²) in [6.07, 6.45) is 0.389. The number of halogens is 1. The molecule has 1 aromatic rings. The number of nitrogens with zero attached hydrogens (tertiary/aromatic N) is 1. The fourth-order valence-electron chi connectivity index (χ4n) is 2.56. The lowest BCUT2D eigenvalue weighted by Gasteiger charge is -2.21. The van der Waals surface area contributed by atoms with Gasteiger partial charge in [0, 0.05) is 6.54 Å². The molecular formula is C13H13ClN4O3. The maximum atomic E-state index is 12.2. The lowest BCUT2D eigenvalue weighted by molar-refractivity contribution is -0.123. The highest BCUT2D eigenvalue weighted by molar-refractivity contribution is 6.33. The number of rotatable bonds is 1. The van der Waals surface area contributed by atoms with Crippen LogP contribution in [-0.4, -0.2) is 41.5 Å². The first-order chi connectivity index (χ1) is 10.00. The Hall–Kier alpha value is -2.28. The third-order valence-electron chi connectivity index (χ3n) is 3.69. The van der Waals surface area contributed by atoms with Gasteiger partial charge in [-0.05, 0) is 18.6 Å². The van der Waals surface area contributed by atoms with Gasteiger partial charge in [0.2, 0.25) is 0 Å². The first-order valence-electron chi connectivity index (χ1n) is 6.44. The fraction of sp³-hybridized carbons (Fsp3) is 0.308. The monoisotopic (exact) mass is 308 g/mol. The largest absolute Gasteiger partial charge is 0.322 e. The van der Waals surface area contributed by atoms with Gasteiger partial charge in [0.05, 0.1) is 17.3 Å². The summed E-state index contributed by atoms with van der Waals surface area (Å²) >= 11 is 5.98. The highest BCUT2D eigenvalue weighted by atomic mass is 35.5. The van der Waals surface area contributed by atoms with E-state index in [1.165, 1.54) is 4.90 Å². The molecule has 1 spiro atoms. The summed E-state index contributed by atoms with van der Waals surface area (Å²) in [5.41, 5.74) is -0.500. The highest BCUT2D eigenvalue weighted by Gasteiger charge is 2.51. The van der Waals surface area contributed by atoms with Crippen molar-refractivity contribution in [3.8, 4) is 0 Å². The predicted octanol–water partition coefficient (Wildman–Crippen LogP) is 1.16. The van der Waals surface area contributed by atoms with Gasteiger partial charge < -0.3 is 15.5 Å². The van der Waals surface area contributed by atoms with Crippen LogP contribution in [0, 0.1) is 0 Å². The van der Waals surface area contributed by atoms with Crippen LogP contribution in [0.1, 0.15) is 6.42 Å². The Morgan fingerprint density at radius 1 is 1.33 bits per heavy atom. The molecule has 1 unspecified atom stereocenters. The number of para-hydroxylation sites is 1. The third kappa shape index (κ3) is 2.40. The van der Waals surface area contributed by atoms with E-state index in [1.807, 2.05) is 0 Å². The number of nitrogens with one attached hydrogen (secondary N) is 3. The zero-order valence-corrected chi connectivity index (χ0v) is 11.7. The molecule has 1 aromatic carbocycles. The molecular weight excluding hydrogens is 296 g/mol. The van der Waals surface area contributed by atoms with Crippen molar-refractivity contribution in [2.24, 2.45) is 0 Å². The molecule has 0 saturated carbocycles. The van der Waals surface area contributed by atoms with E-state index in [2.05, 4.69) is 16.0 Å². The number of anilines is 1. The Morgan fingerprint density at radius 3 is 2.76 bits per heavy atom. The highest BCUT2D eigenvalue weighted by Crippen LogP contribution is 2.26. The van der Waals surface area contributed by atoms with Gasteiger partial charge in [-0.15, -0.1) is 0 Å². The molecule has 3 rings (SSSR count). The molecule has 5 amide bonds. The Bertz CT molecular complexity index is 636. The summed E-state index contributed by atoms with van der Waals surface area (Å²) in [7, 11) is 0. The molecule has 2 heterocycles. The van der Waals surface area contributed by atoms with Crippen LogP contribution in [0.4, 0.5) is 15.3 Å². The predicted molar refractivity (Wildman–Crippen MR) is 76.1 cm³/mol. The van der Waals surface area contributed by atoms with Crippen LogP contribution in [-0.2, 0) is 4.79 Å². The smallest absolute Gasteiger partial charge is 0.322 e. The van der Waals surface area contributed by atoms with Crippen LogP contribution in [0.3, 0.4) is 0 Å². The normalized spacial score (nSPS) is 24.1. The van der Waals surface area contributed by atoms with Crippen LogP contribution in [0.25, 0.3) is 0 Å². The van der Waals surface area contributed by atoms with Gasteiger partial charge >= 0.3 is 12.1 Å². The number of carbonyl (C=O) groups is 3. The Balaban J connectivity index is 1.69. The number of urea groups is 2. The quantitative estimate of drug-likeness (QED) is 0.680. The lowest BCUT2D eigenvalue weighted by atomic mass is 10.00. The molecule has 7 nitrogen and oxygen atoms in total. The summed E-state index contributed by atoms with van der Waals surface area (Å²) in [6, 6.07) is 6.02. The molecule has 8 heteroatoms. The summed E-state index contributed by atoms with van der Waals surface area (Å²) in [5.74, 6) is -0.388. The maximum absolute atomic E-state index is 12.2. The van der Waals surface area contributed by atoms with Crippen molar-refractivity contribution in [3.05, 3.63) is 29.3 Å². The van der Waals surface area contributed by atoms with Gasteiger partial charge in [0.1, 0.15) is 5.54 Å². The standard InChI is InChI=1S/C13H13ClN4O3/c14-8-3-1-2-4-9(8)15-12(21)18-6-5-13(7-18)10(19)16-11(20)17-13/h1-4H,5-7H2,(H,15,21)(H2,16,17,19,20). The SMILES string of the molecule is O=C1NC(=O)C2(CCN(C(=O)Nc3ccccc3Cl)C2)N1. The second-order valence-electron chi connectivity index (χ2n) is 5.07. The third-order valence-corrected chi connectivity index (χ3v) is 4.02. The number of carbonyl (C=O) groups excluding carboxylic acids is 3. The average molecular weight is 309 g/mol. The molecule has 2 saturated heterocycles. The minimum absolute atomic E-state index is 0.140. The van der Waals surface area contributed by atoms with E-state index in [4.69, 9.17) is 11.6 Å². The number of amides is 5. The molecule has 21 heavy (non-hydrogen) atoms. The lowest BCUT2D eigenvalue weighted by Crippen LogP contribution is -2.50. The number of imide groups is 1. The van der Waals surface area contributed by atoms with Crippen molar-refractivity contribution in [3.63, 3.8) is 0 Å². The van der Waals surface area contributed by atoms with E-state index < -0.39 is 11.6 Å². The number of likely N-dealkylation sites (tertiary alicyclic amines) is 1. The van der Waals surface area contributed by atoms with Crippen molar-refractivity contribution in [1.82, 2.24) is 15.5 Å². The average Bonchev–Trinajstić information content (AvgIpc) is 2.97. The van der Waals surface area contributed by atoms with E-state index in [0.717, 1.165) is 0 Å². The summed E-state index contributed by atoms with van der Waals surface area (Å²) in [6.45, 7) is 0.519. The second kappa shape index (κ2) is 4.92. The van der Waals surface area contributed by atoms with Crippen molar-refractivity contribution in [2.75, 3.05) is 18.4 Å². The van der Waals surface area contributed by atoms with Crippen LogP contribution >= 0.6 is 11.6 Å². The molecule has 110 valence electrons. The first-order valence-corrected chi connectivity index (χ1v) is 6.82. The number of benzene rings is 1. The van der Waals surface area contributed by atoms with Crippen molar-refractivity contribution >= 4 is 35.3 Å². The maximum Gasteiger partial charge on any atom is 0.322 e. The van der Waals surface area contributed by atoms with E-state index >= 15 is 0 Å². The molecule has 2 fully saturated rings. The van der Waals surface area contributed by atoms with Crippen molar-refractivity contribution in [2.45, 2.75) is 12.0 Å². The molecule has 0 bridgehead atoms. The number of hydrogen-bond acceptors (Lipinski definition) is 3. The van der Waals surface area contributed by atoms with Gasteiger partial charge in [-0.25, -0.2) is 9.59 Å². The zero-order valence-electron chi connectivity index (χ0n) is 11.0. The summed E-state index contributed by atoms with van der Waals surface area (Å²) < 4.78 is 0. The van der Waals surface area contributed by atoms with Gasteiger partial charge in [0.25, 0.3) is 5.91 Å². The minimum atomic E-state index is -1.01. The molecule has 3 N–H and O–H groups in total. The van der Waals surface area contributed by atoms with Crippen LogP contribution in [0.2, 0.25) is 5.02 Å². The Labute approximate surface area is 125 Å². The van der Waals surface area contributed by atoms with E-state index in [-0.39, 0.29) is 18.5 Å². The Kier molecular flexibility index (Phi) is 3.21. The van der Waals surface area contributed by atoms with Gasteiger partial charge in [-0.1, -0.05) is 23.7 Å². The van der Waals surface area contributed by atoms with Crippen LogP contribution < -0.4 is 16.0 Å². The topological polar surface area (TPSA) is 90.5 Å². The second-order valence-corrected chi connectivity index (χ2v) is 5.48. The molecule has 0 aromatic heterocycles. The van der Waals surface area contributed by atoms with Gasteiger partial charge in [0.15, 0.2) is 0 Å². The van der Waals surface area contributed by atoms with Crippen LogP contribution in [0.15, 0.2) is 24.3 Å². The fourth-order valence-corrected chi connectivity index (χ4v) is 2.74. The number of hydrogen-bond donors (Lipinski definition) is 3. The van der Waals surface area contributed by atoms with Crippen LogP contribution in [0.5, 0.6) is 0 Å². The van der Waals surface area contributed by atoms with E-state index in [9.17, 15) is 14.4 Å². The van der Waals surface area contributed by atoms with E-state index in [0.29, 0.717) is 23.7 Å². The van der Waals surface area contributed by atoms with E-state index in [1.54, 1.807) is 24.3 Å². The molecule has 2 aliphatic rings. The van der Waals surface area contributed by atoms with Gasteiger partial charge in [-0.2, -0.15) is 0 Å². The minimum Gasteiger partial charge on any atom is -0.322 e. The molecule has 1 atom stereocenters. The van der Waals surface area contributed by atoms with Crippen molar-refractivity contribution in [1.29, 1.82) is 0 Å².